The molecule has 1 fully saturated rings. The number of esters is 1. The maximum atomic E-state index is 13.0. The molecule has 0 N–H and O–H groups in total. The topological polar surface area (TPSA) is 90.0 Å². The van der Waals surface area contributed by atoms with Gasteiger partial charge in [-0.3, -0.25) is 4.79 Å². The Morgan fingerprint density at radius 2 is 1.65 bits per heavy atom. The van der Waals surface area contributed by atoms with Gasteiger partial charge in [0.25, 0.3) is 0 Å². The molecule has 7 nitrogen and oxygen atoms in total. The Morgan fingerprint density at radius 3 is 2.39 bits per heavy atom. The Morgan fingerprint density at radius 1 is 0.935 bits per heavy atom. The Balaban J connectivity index is 1.49. The predicted octanol–water partition coefficient (Wildman–Crippen LogP) is 3.01. The molecule has 1 heterocycles. The van der Waals surface area contributed by atoms with E-state index in [1.54, 1.807) is 6.07 Å². The number of rotatable bonds is 7. The van der Waals surface area contributed by atoms with Gasteiger partial charge in [0.15, 0.2) is 12.4 Å². The quantitative estimate of drug-likeness (QED) is 0.483. The number of ether oxygens (including phenoxy) is 2. The molecule has 164 valence electrons. The van der Waals surface area contributed by atoms with E-state index in [-0.39, 0.29) is 22.0 Å². The number of hydrogen-bond donors (Lipinski definition) is 0. The molecule has 2 aromatic carbocycles. The van der Waals surface area contributed by atoms with Crippen LogP contribution in [-0.2, 0) is 27.6 Å². The van der Waals surface area contributed by atoms with Gasteiger partial charge in [0.1, 0.15) is 10.6 Å². The van der Waals surface area contributed by atoms with E-state index in [0.717, 1.165) is 32.1 Å². The molecular weight excluding hydrogens is 418 g/mol. The van der Waals surface area contributed by atoms with E-state index >= 15 is 0 Å². The number of methoxy groups -OCH3 is 1. The first-order chi connectivity index (χ1) is 14.9. The van der Waals surface area contributed by atoms with Crippen molar-refractivity contribution in [1.29, 1.82) is 0 Å². The molecule has 31 heavy (non-hydrogen) atoms. The number of ketones is 1. The van der Waals surface area contributed by atoms with Gasteiger partial charge in [0.2, 0.25) is 10.0 Å². The second-order valence-corrected chi connectivity index (χ2v) is 9.72. The number of carbonyl (C=O) groups is 2. The standard InChI is InChI=1S/C23H25NO6S/c1-29-21-10-9-19(14-22(21)31(27,28)24-11-2-3-12-24)23(26)30-15-20(25)18-8-7-16-5-4-6-17(16)13-18/h7-10,13-14H,2-6,11-12,15H2,1H3. The Hall–Kier alpha value is -2.71. The first-order valence-electron chi connectivity index (χ1n) is 10.4. The van der Waals surface area contributed by atoms with E-state index in [4.69, 9.17) is 9.47 Å². The highest BCUT2D eigenvalue weighted by molar-refractivity contribution is 7.89. The van der Waals surface area contributed by atoms with E-state index in [1.165, 1.54) is 40.7 Å². The molecular formula is C23H25NO6S. The van der Waals surface area contributed by atoms with Gasteiger partial charge < -0.3 is 9.47 Å². The molecule has 0 bridgehead atoms. The summed E-state index contributed by atoms with van der Waals surface area (Å²) in [7, 11) is -2.40. The van der Waals surface area contributed by atoms with Crippen molar-refractivity contribution < 1.29 is 27.5 Å². The molecule has 8 heteroatoms. The summed E-state index contributed by atoms with van der Waals surface area (Å²) in [6.45, 7) is 0.475. The van der Waals surface area contributed by atoms with Crippen LogP contribution in [0.1, 0.15) is 51.1 Å². The fourth-order valence-corrected chi connectivity index (χ4v) is 5.81. The van der Waals surface area contributed by atoms with Crippen LogP contribution in [0.3, 0.4) is 0 Å². The first kappa shape index (κ1) is 21.5. The maximum Gasteiger partial charge on any atom is 0.338 e. The highest BCUT2D eigenvalue weighted by Gasteiger charge is 2.31. The van der Waals surface area contributed by atoms with Gasteiger partial charge >= 0.3 is 5.97 Å². The number of carbonyl (C=O) groups excluding carboxylic acids is 2. The molecule has 0 atom stereocenters. The van der Waals surface area contributed by atoms with Crippen LogP contribution in [-0.4, -0.2) is 51.3 Å². The van der Waals surface area contributed by atoms with Crippen molar-refractivity contribution in [1.82, 2.24) is 4.31 Å². The minimum Gasteiger partial charge on any atom is -0.495 e. The van der Waals surface area contributed by atoms with E-state index in [0.29, 0.717) is 18.7 Å². The van der Waals surface area contributed by atoms with Crippen LogP contribution in [0.25, 0.3) is 0 Å². The van der Waals surface area contributed by atoms with Gasteiger partial charge in [-0.2, -0.15) is 4.31 Å². The Labute approximate surface area is 182 Å². The fraction of sp³-hybridized carbons (Fsp3) is 0.391. The lowest BCUT2D eigenvalue weighted by Crippen LogP contribution is -2.28. The highest BCUT2D eigenvalue weighted by Crippen LogP contribution is 2.30. The zero-order chi connectivity index (χ0) is 22.0. The molecule has 0 spiro atoms. The van der Waals surface area contributed by atoms with Crippen molar-refractivity contribution in [3.05, 3.63) is 58.7 Å². The van der Waals surface area contributed by atoms with Crippen LogP contribution >= 0.6 is 0 Å². The van der Waals surface area contributed by atoms with Crippen molar-refractivity contribution in [2.24, 2.45) is 0 Å². The molecule has 2 aliphatic rings. The van der Waals surface area contributed by atoms with E-state index in [9.17, 15) is 18.0 Å². The van der Waals surface area contributed by atoms with Crippen molar-refractivity contribution >= 4 is 21.8 Å². The lowest BCUT2D eigenvalue weighted by atomic mass is 10.0. The summed E-state index contributed by atoms with van der Waals surface area (Å²) >= 11 is 0. The molecule has 2 aromatic rings. The van der Waals surface area contributed by atoms with Crippen LogP contribution < -0.4 is 4.74 Å². The van der Waals surface area contributed by atoms with Crippen molar-refractivity contribution in [3.63, 3.8) is 0 Å². The highest BCUT2D eigenvalue weighted by atomic mass is 32.2. The van der Waals surface area contributed by atoms with Crippen LogP contribution in [0.4, 0.5) is 0 Å². The van der Waals surface area contributed by atoms with Gasteiger partial charge in [-0.1, -0.05) is 12.1 Å². The summed E-state index contributed by atoms with van der Waals surface area (Å²) < 4.78 is 37.7. The predicted molar refractivity (Wildman–Crippen MR) is 114 cm³/mol. The van der Waals surface area contributed by atoms with Crippen LogP contribution in [0.15, 0.2) is 41.3 Å². The molecule has 1 aliphatic carbocycles. The number of Topliss-reactive ketones (excluding diaryl/α,β-unsaturated/α-hetero) is 1. The van der Waals surface area contributed by atoms with Crippen molar-refractivity contribution in [2.45, 2.75) is 37.0 Å². The SMILES string of the molecule is COc1ccc(C(=O)OCC(=O)c2ccc3c(c2)CCC3)cc1S(=O)(=O)N1CCCC1. The Bertz CT molecular complexity index is 1120. The Kier molecular flexibility index (Phi) is 6.11. The smallest absolute Gasteiger partial charge is 0.338 e. The van der Waals surface area contributed by atoms with E-state index < -0.39 is 22.6 Å². The largest absolute Gasteiger partial charge is 0.495 e. The molecule has 1 aliphatic heterocycles. The molecule has 0 amide bonds. The average molecular weight is 444 g/mol. The van der Waals surface area contributed by atoms with Crippen LogP contribution in [0.2, 0.25) is 0 Å². The fourth-order valence-electron chi connectivity index (χ4n) is 4.12. The minimum atomic E-state index is -3.78. The minimum absolute atomic E-state index is 0.0559. The van der Waals surface area contributed by atoms with Gasteiger partial charge in [-0.25, -0.2) is 13.2 Å². The number of sulfonamides is 1. The summed E-state index contributed by atoms with van der Waals surface area (Å²) in [5, 5.41) is 0. The molecule has 1 saturated heterocycles. The van der Waals surface area contributed by atoms with Crippen molar-refractivity contribution in [3.8, 4) is 5.75 Å². The second-order valence-electron chi connectivity index (χ2n) is 7.81. The molecule has 0 radical (unpaired) electrons. The molecule has 0 aromatic heterocycles. The summed E-state index contributed by atoms with van der Waals surface area (Å²) in [4.78, 5) is 25.0. The monoisotopic (exact) mass is 443 g/mol. The van der Waals surface area contributed by atoms with Crippen LogP contribution in [0.5, 0.6) is 5.75 Å². The average Bonchev–Trinajstić information content (AvgIpc) is 3.48. The van der Waals surface area contributed by atoms with Gasteiger partial charge in [0, 0.05) is 18.7 Å². The maximum absolute atomic E-state index is 13.0. The van der Waals surface area contributed by atoms with E-state index in [1.807, 2.05) is 12.1 Å². The number of nitrogens with zero attached hydrogens (tertiary/aromatic N) is 1. The summed E-state index contributed by atoms with van der Waals surface area (Å²) in [6, 6.07) is 9.71. The van der Waals surface area contributed by atoms with Gasteiger partial charge in [-0.15, -0.1) is 0 Å². The van der Waals surface area contributed by atoms with E-state index in [2.05, 4.69) is 0 Å². The normalized spacial score (nSPS) is 16.2. The van der Waals surface area contributed by atoms with Crippen LogP contribution in [0, 0.1) is 0 Å². The molecule has 4 rings (SSSR count). The first-order valence-corrected chi connectivity index (χ1v) is 11.8. The summed E-state index contributed by atoms with van der Waals surface area (Å²) in [5.74, 6) is -0.880. The molecule has 0 unspecified atom stereocenters. The zero-order valence-corrected chi connectivity index (χ0v) is 18.2. The zero-order valence-electron chi connectivity index (χ0n) is 17.4. The lowest BCUT2D eigenvalue weighted by molar-refractivity contribution is 0.0474. The number of benzene rings is 2. The summed E-state index contributed by atoms with van der Waals surface area (Å²) in [6.07, 6.45) is 4.67. The van der Waals surface area contributed by atoms with Crippen molar-refractivity contribution in [2.75, 3.05) is 26.8 Å². The number of hydrogen-bond acceptors (Lipinski definition) is 6. The number of aryl methyl sites for hydroxylation is 2. The summed E-state index contributed by atoms with van der Waals surface area (Å²) in [5.41, 5.74) is 3.00. The third-order valence-corrected chi connectivity index (χ3v) is 7.76. The third kappa shape index (κ3) is 4.36. The van der Waals surface area contributed by atoms with Gasteiger partial charge in [0.05, 0.1) is 12.7 Å². The third-order valence-electron chi connectivity index (χ3n) is 5.84. The lowest BCUT2D eigenvalue weighted by Gasteiger charge is -2.18. The van der Waals surface area contributed by atoms with Gasteiger partial charge in [-0.05, 0) is 67.5 Å². The molecule has 0 saturated carbocycles. The second kappa shape index (κ2) is 8.80. The number of fused-ring (bicyclic) bond motifs is 1.